The number of hydrogen-bond donors (Lipinski definition) is 2. The molecular weight excluding hydrogens is 460 g/mol. The molecule has 35 heavy (non-hydrogen) atoms. The Labute approximate surface area is 213 Å². The van der Waals surface area contributed by atoms with Crippen molar-refractivity contribution in [1.82, 2.24) is 14.4 Å². The maximum absolute atomic E-state index is 9.48. The molecule has 8 heteroatoms. The van der Waals surface area contributed by atoms with Gasteiger partial charge in [-0.2, -0.15) is 10.2 Å². The highest BCUT2D eigenvalue weighted by Gasteiger charge is 2.29. The van der Waals surface area contributed by atoms with Gasteiger partial charge >= 0.3 is 0 Å². The largest absolute Gasteiger partial charge is 0.490 e. The second-order valence-corrected chi connectivity index (χ2v) is 9.97. The molecule has 186 valence electrons. The van der Waals surface area contributed by atoms with E-state index in [1.165, 1.54) is 11.1 Å². The second-order valence-electron chi connectivity index (χ2n) is 9.46. The molecule has 1 atom stereocenters. The lowest BCUT2D eigenvalue weighted by Gasteiger charge is -2.22. The Bertz CT molecular complexity index is 1170. The van der Waals surface area contributed by atoms with Crippen molar-refractivity contribution in [1.29, 1.82) is 5.26 Å². The lowest BCUT2D eigenvalue weighted by atomic mass is 10.0. The molecule has 1 aliphatic rings. The van der Waals surface area contributed by atoms with E-state index in [4.69, 9.17) is 9.26 Å². The van der Waals surface area contributed by atoms with Gasteiger partial charge in [-0.15, -0.1) is 0 Å². The maximum atomic E-state index is 9.48. The summed E-state index contributed by atoms with van der Waals surface area (Å²) in [5.74, 6) is 2.24. The van der Waals surface area contributed by atoms with Gasteiger partial charge in [-0.3, -0.25) is 0 Å². The SMILES string of the molecule is CC(C)C.CC(C)Oc1ccc(-c2nc(-c3cccc4c3CCC4N(S)CCO)no2)cc1C#N. The molecular formula is C27H34N4O3S. The number of aliphatic hydroxyl groups excluding tert-OH is 1. The first-order chi connectivity index (χ1) is 16.7. The minimum Gasteiger partial charge on any atom is -0.490 e. The van der Waals surface area contributed by atoms with E-state index in [1.807, 2.05) is 36.4 Å². The summed E-state index contributed by atoms with van der Waals surface area (Å²) in [5.41, 5.74) is 4.37. The summed E-state index contributed by atoms with van der Waals surface area (Å²) in [6.07, 6.45) is 1.77. The number of nitrogens with zero attached hydrogens (tertiary/aromatic N) is 4. The molecule has 1 aromatic heterocycles. The zero-order valence-electron chi connectivity index (χ0n) is 21.0. The molecule has 1 heterocycles. The summed E-state index contributed by atoms with van der Waals surface area (Å²) in [6.45, 7) is 10.9. The molecule has 0 radical (unpaired) electrons. The molecule has 1 aliphatic carbocycles. The number of aliphatic hydroxyl groups is 1. The molecule has 0 fully saturated rings. The van der Waals surface area contributed by atoms with Crippen molar-refractivity contribution in [3.05, 3.63) is 53.1 Å². The van der Waals surface area contributed by atoms with Crippen molar-refractivity contribution < 1.29 is 14.4 Å². The van der Waals surface area contributed by atoms with E-state index in [9.17, 15) is 10.4 Å². The highest BCUT2D eigenvalue weighted by atomic mass is 32.1. The minimum absolute atomic E-state index is 0.0254. The molecule has 0 spiro atoms. The van der Waals surface area contributed by atoms with Crippen LogP contribution in [0, 0.1) is 17.2 Å². The molecule has 0 amide bonds. The van der Waals surface area contributed by atoms with E-state index in [2.05, 4.69) is 55.9 Å². The number of hydrogen-bond acceptors (Lipinski definition) is 8. The monoisotopic (exact) mass is 494 g/mol. The minimum atomic E-state index is -0.0254. The summed E-state index contributed by atoms with van der Waals surface area (Å²) in [5, 5.41) is 22.9. The summed E-state index contributed by atoms with van der Waals surface area (Å²) in [6, 6.07) is 13.6. The fourth-order valence-electron chi connectivity index (χ4n) is 3.97. The highest BCUT2D eigenvalue weighted by molar-refractivity contribution is 7.77. The quantitative estimate of drug-likeness (QED) is 0.398. The van der Waals surface area contributed by atoms with Crippen molar-refractivity contribution in [2.24, 2.45) is 5.92 Å². The van der Waals surface area contributed by atoms with E-state index in [-0.39, 0.29) is 18.8 Å². The summed E-state index contributed by atoms with van der Waals surface area (Å²) in [7, 11) is 0. The summed E-state index contributed by atoms with van der Waals surface area (Å²) >= 11 is 4.54. The fourth-order valence-corrected chi connectivity index (χ4v) is 4.30. The summed E-state index contributed by atoms with van der Waals surface area (Å²) < 4.78 is 13.1. The summed E-state index contributed by atoms with van der Waals surface area (Å²) in [4.78, 5) is 4.60. The van der Waals surface area contributed by atoms with Gasteiger partial charge in [0, 0.05) is 23.7 Å². The van der Waals surface area contributed by atoms with Gasteiger partial charge in [-0.1, -0.05) is 56.9 Å². The third-order valence-corrected chi connectivity index (χ3v) is 5.78. The number of rotatable bonds is 7. The Morgan fingerprint density at radius 3 is 2.63 bits per heavy atom. The third kappa shape index (κ3) is 6.63. The Balaban J connectivity index is 0.000000795. The molecule has 2 aromatic carbocycles. The number of aromatic nitrogens is 2. The first-order valence-corrected chi connectivity index (χ1v) is 12.4. The molecule has 4 rings (SSSR count). The number of benzene rings is 2. The van der Waals surface area contributed by atoms with Crippen LogP contribution < -0.4 is 4.74 Å². The second kappa shape index (κ2) is 12.2. The van der Waals surface area contributed by atoms with Gasteiger partial charge in [0.1, 0.15) is 11.8 Å². The van der Waals surface area contributed by atoms with Gasteiger partial charge in [-0.25, -0.2) is 4.31 Å². The van der Waals surface area contributed by atoms with Gasteiger partial charge in [0.15, 0.2) is 0 Å². The molecule has 1 unspecified atom stereocenters. The van der Waals surface area contributed by atoms with Crippen LogP contribution in [0.25, 0.3) is 22.8 Å². The molecule has 0 saturated carbocycles. The number of ether oxygens (including phenoxy) is 1. The van der Waals surface area contributed by atoms with Gasteiger partial charge in [0.05, 0.1) is 18.3 Å². The van der Waals surface area contributed by atoms with E-state index >= 15 is 0 Å². The first-order valence-electron chi connectivity index (χ1n) is 12.0. The van der Waals surface area contributed by atoms with Crippen molar-refractivity contribution in [2.45, 2.75) is 59.6 Å². The molecule has 0 bridgehead atoms. The van der Waals surface area contributed by atoms with E-state index in [1.54, 1.807) is 12.1 Å². The third-order valence-electron chi connectivity index (χ3n) is 5.30. The van der Waals surface area contributed by atoms with Gasteiger partial charge in [-0.05, 0) is 61.9 Å². The smallest absolute Gasteiger partial charge is 0.258 e. The van der Waals surface area contributed by atoms with Crippen LogP contribution in [0.5, 0.6) is 5.75 Å². The van der Waals surface area contributed by atoms with E-state index in [0.717, 1.165) is 24.3 Å². The van der Waals surface area contributed by atoms with Crippen molar-refractivity contribution in [3.63, 3.8) is 0 Å². The van der Waals surface area contributed by atoms with Crippen LogP contribution >= 0.6 is 12.8 Å². The molecule has 0 saturated heterocycles. The Hall–Kier alpha value is -2.86. The van der Waals surface area contributed by atoms with Gasteiger partial charge in [0.2, 0.25) is 5.82 Å². The Morgan fingerprint density at radius 2 is 1.97 bits per heavy atom. The number of fused-ring (bicyclic) bond motifs is 1. The number of thiol groups is 1. The molecule has 0 aliphatic heterocycles. The predicted molar refractivity (Wildman–Crippen MR) is 140 cm³/mol. The van der Waals surface area contributed by atoms with Crippen LogP contribution in [0.3, 0.4) is 0 Å². The van der Waals surface area contributed by atoms with Crippen molar-refractivity contribution >= 4 is 12.8 Å². The highest BCUT2D eigenvalue weighted by Crippen LogP contribution is 2.41. The Kier molecular flexibility index (Phi) is 9.33. The van der Waals surface area contributed by atoms with E-state index < -0.39 is 0 Å². The average molecular weight is 495 g/mol. The molecule has 3 aromatic rings. The van der Waals surface area contributed by atoms with Crippen LogP contribution in [0.2, 0.25) is 0 Å². The zero-order valence-corrected chi connectivity index (χ0v) is 21.9. The van der Waals surface area contributed by atoms with Crippen LogP contribution in [0.1, 0.15) is 63.8 Å². The van der Waals surface area contributed by atoms with Gasteiger partial charge in [0.25, 0.3) is 5.89 Å². The van der Waals surface area contributed by atoms with Crippen LogP contribution in [0.15, 0.2) is 40.9 Å². The topological polar surface area (TPSA) is 95.4 Å². The molecule has 7 nitrogen and oxygen atoms in total. The van der Waals surface area contributed by atoms with Crippen LogP contribution in [-0.2, 0) is 6.42 Å². The zero-order chi connectivity index (χ0) is 25.5. The van der Waals surface area contributed by atoms with Crippen LogP contribution in [-0.4, -0.2) is 38.8 Å². The maximum Gasteiger partial charge on any atom is 0.258 e. The van der Waals surface area contributed by atoms with Crippen molar-refractivity contribution in [2.75, 3.05) is 13.2 Å². The predicted octanol–water partition coefficient (Wildman–Crippen LogP) is 5.85. The van der Waals surface area contributed by atoms with E-state index in [0.29, 0.717) is 35.1 Å². The Morgan fingerprint density at radius 1 is 1.23 bits per heavy atom. The first kappa shape index (κ1) is 26.7. The number of nitriles is 1. The lowest BCUT2D eigenvalue weighted by Crippen LogP contribution is -2.21. The van der Waals surface area contributed by atoms with Gasteiger partial charge < -0.3 is 14.4 Å². The fraction of sp³-hybridized carbons (Fsp3) is 0.444. The van der Waals surface area contributed by atoms with Crippen molar-refractivity contribution in [3.8, 4) is 34.7 Å². The normalized spacial score (nSPS) is 14.6. The lowest BCUT2D eigenvalue weighted by molar-refractivity contribution is 0.239. The average Bonchev–Trinajstić information content (AvgIpc) is 3.46. The molecule has 1 N–H and O–H groups in total. The van der Waals surface area contributed by atoms with Crippen LogP contribution in [0.4, 0.5) is 0 Å². The standard InChI is InChI=1S/C23H24N4O3S.C4H10/c1-14(2)29-21-9-6-15(12-16(21)13-24)23-25-22(26-30-23)19-5-3-4-18-17(19)7-8-20(18)27(31)10-11-28;1-4(2)3/h3-6,9,12,14,20,28,31H,7-8,10-11H2,1-2H3;4H,1-3H3.